The second-order valence-electron chi connectivity index (χ2n) is 5.51. The number of thioether (sulfide) groups is 1. The molecule has 0 radical (unpaired) electrons. The second-order valence-corrected chi connectivity index (χ2v) is 6.62. The largest absolute Gasteiger partial charge is 0.479 e. The van der Waals surface area contributed by atoms with E-state index in [0.29, 0.717) is 18.6 Å². The molecule has 0 saturated carbocycles. The number of carboxylic acids is 1. The molecular weight excluding hydrogens is 290 g/mol. The van der Waals surface area contributed by atoms with E-state index in [2.05, 4.69) is 10.4 Å². The molecule has 116 valence electrons. The molecule has 1 atom stereocenters. The molecule has 0 aromatic carbocycles. The molecule has 0 aliphatic carbocycles. The molecule has 1 saturated heterocycles. The minimum Gasteiger partial charge on any atom is -0.479 e. The van der Waals surface area contributed by atoms with E-state index in [1.54, 1.807) is 16.4 Å². The van der Waals surface area contributed by atoms with Gasteiger partial charge in [0.2, 0.25) is 5.91 Å². The number of nitrogens with zero attached hydrogens (tertiary/aromatic N) is 2. The van der Waals surface area contributed by atoms with E-state index in [0.717, 1.165) is 22.7 Å². The summed E-state index contributed by atoms with van der Waals surface area (Å²) in [7, 11) is 1.88. The Bertz CT molecular complexity index is 562. The first-order valence-electron chi connectivity index (χ1n) is 6.97. The SMILES string of the molecule is Cc1nn(C)c(C)c1CCC(=O)NC1(C(=O)O)CCSC1. The fourth-order valence-corrected chi connectivity index (χ4v) is 3.96. The van der Waals surface area contributed by atoms with E-state index < -0.39 is 11.5 Å². The zero-order chi connectivity index (χ0) is 15.6. The van der Waals surface area contributed by atoms with Crippen LogP contribution in [0, 0.1) is 13.8 Å². The fourth-order valence-electron chi connectivity index (χ4n) is 2.63. The third-order valence-electron chi connectivity index (χ3n) is 4.07. The average Bonchev–Trinajstić information content (AvgIpc) is 2.96. The van der Waals surface area contributed by atoms with Gasteiger partial charge < -0.3 is 10.4 Å². The molecule has 21 heavy (non-hydrogen) atoms. The van der Waals surface area contributed by atoms with Gasteiger partial charge in [-0.1, -0.05) is 0 Å². The number of carbonyl (C=O) groups is 2. The molecule has 2 N–H and O–H groups in total. The number of aliphatic carboxylic acids is 1. The van der Waals surface area contributed by atoms with Crippen molar-refractivity contribution >= 4 is 23.6 Å². The second kappa shape index (κ2) is 6.09. The molecule has 1 aliphatic rings. The van der Waals surface area contributed by atoms with Crippen molar-refractivity contribution in [3.8, 4) is 0 Å². The van der Waals surface area contributed by atoms with E-state index in [1.165, 1.54) is 0 Å². The van der Waals surface area contributed by atoms with Crippen molar-refractivity contribution in [2.45, 2.75) is 38.6 Å². The topological polar surface area (TPSA) is 84.2 Å². The molecule has 2 heterocycles. The number of aryl methyl sites for hydroxylation is 2. The fraction of sp³-hybridized carbons (Fsp3) is 0.643. The van der Waals surface area contributed by atoms with Crippen LogP contribution >= 0.6 is 11.8 Å². The van der Waals surface area contributed by atoms with Crippen molar-refractivity contribution in [1.29, 1.82) is 0 Å². The number of carbonyl (C=O) groups excluding carboxylic acids is 1. The molecule has 1 aliphatic heterocycles. The lowest BCUT2D eigenvalue weighted by Crippen LogP contribution is -2.54. The Hall–Kier alpha value is -1.50. The molecule has 1 aromatic rings. The Morgan fingerprint density at radius 2 is 2.19 bits per heavy atom. The van der Waals surface area contributed by atoms with Gasteiger partial charge in [0.15, 0.2) is 0 Å². The maximum Gasteiger partial charge on any atom is 0.330 e. The summed E-state index contributed by atoms with van der Waals surface area (Å²) < 4.78 is 1.80. The standard InChI is InChI=1S/C14H21N3O3S/c1-9-11(10(2)17(3)16-9)4-5-12(18)15-14(13(19)20)6-7-21-8-14/h4-8H2,1-3H3,(H,15,18)(H,19,20). The number of carboxylic acid groups (broad SMARTS) is 1. The van der Waals surface area contributed by atoms with Crippen LogP contribution in [0.15, 0.2) is 0 Å². The Morgan fingerprint density at radius 1 is 1.48 bits per heavy atom. The quantitative estimate of drug-likeness (QED) is 0.849. The monoisotopic (exact) mass is 311 g/mol. The molecule has 2 rings (SSSR count). The van der Waals surface area contributed by atoms with Gasteiger partial charge in [-0.05, 0) is 38.0 Å². The summed E-state index contributed by atoms with van der Waals surface area (Å²) in [5.41, 5.74) is 1.95. The first-order chi connectivity index (χ1) is 9.85. The van der Waals surface area contributed by atoms with Crippen molar-refractivity contribution in [2.75, 3.05) is 11.5 Å². The molecule has 0 bridgehead atoms. The number of nitrogens with one attached hydrogen (secondary N) is 1. The third kappa shape index (κ3) is 3.23. The van der Waals surface area contributed by atoms with Crippen LogP contribution in [-0.2, 0) is 23.1 Å². The van der Waals surface area contributed by atoms with E-state index in [4.69, 9.17) is 0 Å². The van der Waals surface area contributed by atoms with Gasteiger partial charge >= 0.3 is 5.97 Å². The molecule has 1 aromatic heterocycles. The first-order valence-corrected chi connectivity index (χ1v) is 8.12. The van der Waals surface area contributed by atoms with Crippen LogP contribution in [0.25, 0.3) is 0 Å². The molecule has 6 nitrogen and oxygen atoms in total. The maximum absolute atomic E-state index is 12.1. The number of amides is 1. The minimum atomic E-state index is -1.08. The molecule has 7 heteroatoms. The summed E-state index contributed by atoms with van der Waals surface area (Å²) in [5, 5.41) is 16.4. The average molecular weight is 311 g/mol. The van der Waals surface area contributed by atoms with Gasteiger partial charge in [-0.2, -0.15) is 16.9 Å². The summed E-state index contributed by atoms with van der Waals surface area (Å²) in [5.74, 6) is 0.0732. The predicted octanol–water partition coefficient (Wildman–Crippen LogP) is 1.05. The molecule has 1 amide bonds. The maximum atomic E-state index is 12.1. The molecule has 0 spiro atoms. The highest BCUT2D eigenvalue weighted by atomic mass is 32.2. The van der Waals surface area contributed by atoms with Gasteiger partial charge in [0.05, 0.1) is 5.69 Å². The smallest absolute Gasteiger partial charge is 0.330 e. The number of hydrogen-bond acceptors (Lipinski definition) is 4. The van der Waals surface area contributed by atoms with Crippen molar-refractivity contribution in [1.82, 2.24) is 15.1 Å². The van der Waals surface area contributed by atoms with Crippen LogP contribution < -0.4 is 5.32 Å². The number of aromatic nitrogens is 2. The van der Waals surface area contributed by atoms with Crippen molar-refractivity contribution < 1.29 is 14.7 Å². The van der Waals surface area contributed by atoms with E-state index in [-0.39, 0.29) is 12.3 Å². The predicted molar refractivity (Wildman–Crippen MR) is 81.5 cm³/mol. The van der Waals surface area contributed by atoms with Crippen LogP contribution in [0.4, 0.5) is 0 Å². The summed E-state index contributed by atoms with van der Waals surface area (Å²) in [6, 6.07) is 0. The highest BCUT2D eigenvalue weighted by Crippen LogP contribution is 2.28. The lowest BCUT2D eigenvalue weighted by molar-refractivity contribution is -0.146. The van der Waals surface area contributed by atoms with Crippen molar-refractivity contribution in [3.63, 3.8) is 0 Å². The summed E-state index contributed by atoms with van der Waals surface area (Å²) in [4.78, 5) is 23.5. The summed E-state index contributed by atoms with van der Waals surface area (Å²) in [6.07, 6.45) is 1.36. The summed E-state index contributed by atoms with van der Waals surface area (Å²) >= 11 is 1.57. The Balaban J connectivity index is 1.97. The zero-order valence-electron chi connectivity index (χ0n) is 12.6. The van der Waals surface area contributed by atoms with Gasteiger partial charge in [0.1, 0.15) is 5.54 Å². The first kappa shape index (κ1) is 15.9. The molecular formula is C14H21N3O3S. The van der Waals surface area contributed by atoms with Gasteiger partial charge in [0, 0.05) is 24.9 Å². The van der Waals surface area contributed by atoms with E-state index in [9.17, 15) is 14.7 Å². The molecule has 1 fully saturated rings. The van der Waals surface area contributed by atoms with Gasteiger partial charge in [-0.15, -0.1) is 0 Å². The van der Waals surface area contributed by atoms with Gasteiger partial charge in [-0.25, -0.2) is 4.79 Å². The Morgan fingerprint density at radius 3 is 2.67 bits per heavy atom. The van der Waals surface area contributed by atoms with Gasteiger partial charge in [0.25, 0.3) is 0 Å². The van der Waals surface area contributed by atoms with E-state index in [1.807, 2.05) is 20.9 Å². The zero-order valence-corrected chi connectivity index (χ0v) is 13.4. The minimum absolute atomic E-state index is 0.206. The Labute approximate surface area is 128 Å². The number of hydrogen-bond donors (Lipinski definition) is 2. The van der Waals surface area contributed by atoms with Crippen LogP contribution in [0.1, 0.15) is 29.8 Å². The van der Waals surface area contributed by atoms with Crippen molar-refractivity contribution in [2.24, 2.45) is 7.05 Å². The van der Waals surface area contributed by atoms with Crippen molar-refractivity contribution in [3.05, 3.63) is 17.0 Å². The van der Waals surface area contributed by atoms with E-state index >= 15 is 0 Å². The summed E-state index contributed by atoms with van der Waals surface area (Å²) in [6.45, 7) is 3.90. The van der Waals surface area contributed by atoms with Gasteiger partial charge in [-0.3, -0.25) is 9.48 Å². The van der Waals surface area contributed by atoms with Crippen LogP contribution in [-0.4, -0.2) is 43.8 Å². The lowest BCUT2D eigenvalue weighted by atomic mass is 9.98. The third-order valence-corrected chi connectivity index (χ3v) is 5.26. The highest BCUT2D eigenvalue weighted by Gasteiger charge is 2.43. The van der Waals surface area contributed by atoms with Crippen LogP contribution in [0.2, 0.25) is 0 Å². The Kier molecular flexibility index (Phi) is 4.61. The molecule has 1 unspecified atom stereocenters. The van der Waals surface area contributed by atoms with Crippen LogP contribution in [0.5, 0.6) is 0 Å². The highest BCUT2D eigenvalue weighted by molar-refractivity contribution is 7.99. The van der Waals surface area contributed by atoms with Crippen LogP contribution in [0.3, 0.4) is 0 Å². The normalized spacial score (nSPS) is 21.5. The lowest BCUT2D eigenvalue weighted by Gasteiger charge is -2.24. The number of rotatable bonds is 5.